The third-order valence-electron chi connectivity index (χ3n) is 4.22. The molecule has 1 aliphatic rings. The fourth-order valence-corrected chi connectivity index (χ4v) is 2.99. The lowest BCUT2D eigenvalue weighted by molar-refractivity contribution is 0.0732. The Kier molecular flexibility index (Phi) is 4.33. The van der Waals surface area contributed by atoms with Crippen LogP contribution in [0.3, 0.4) is 0 Å². The van der Waals surface area contributed by atoms with E-state index in [1.165, 1.54) is 6.33 Å². The average molecular weight is 358 g/mol. The number of nitrogens with one attached hydrogen (secondary N) is 1. The molecule has 128 valence electrons. The number of benzene rings is 1. The second-order valence-corrected chi connectivity index (χ2v) is 6.40. The lowest BCUT2D eigenvalue weighted by atomic mass is 9.80. The summed E-state index contributed by atoms with van der Waals surface area (Å²) in [5.74, 6) is 1.88. The number of hydrogen-bond donors (Lipinski definition) is 2. The molecule has 1 saturated carbocycles. The van der Waals surface area contributed by atoms with Crippen LogP contribution in [0.2, 0.25) is 5.02 Å². The summed E-state index contributed by atoms with van der Waals surface area (Å²) in [6.45, 7) is 0.348. The molecule has 3 aromatic rings. The predicted molar refractivity (Wildman–Crippen MR) is 92.1 cm³/mol. The van der Waals surface area contributed by atoms with Crippen molar-refractivity contribution in [2.24, 2.45) is 0 Å². The number of hydrogen-bond acceptors (Lipinski definition) is 7. The Morgan fingerprint density at radius 2 is 2.08 bits per heavy atom. The van der Waals surface area contributed by atoms with Crippen LogP contribution in [-0.2, 0) is 6.54 Å². The maximum Gasteiger partial charge on any atom is 0.246 e. The minimum Gasteiger partial charge on any atom is -0.393 e. The molecule has 0 atom stereocenters. The first-order valence-corrected chi connectivity index (χ1v) is 8.38. The van der Waals surface area contributed by atoms with Crippen LogP contribution in [0.5, 0.6) is 0 Å². The minimum atomic E-state index is -0.210. The molecule has 8 heteroatoms. The number of nitrogens with zero attached hydrogens (tertiary/aromatic N) is 4. The molecule has 0 spiro atoms. The van der Waals surface area contributed by atoms with Crippen LogP contribution in [0.25, 0.3) is 11.4 Å². The van der Waals surface area contributed by atoms with Gasteiger partial charge in [-0.2, -0.15) is 4.98 Å². The number of aromatic nitrogens is 4. The number of rotatable bonds is 5. The fraction of sp³-hybridized carbons (Fsp3) is 0.294. The van der Waals surface area contributed by atoms with Crippen molar-refractivity contribution in [2.75, 3.05) is 5.32 Å². The number of aliphatic hydroxyl groups is 1. The van der Waals surface area contributed by atoms with E-state index in [2.05, 4.69) is 25.4 Å². The summed E-state index contributed by atoms with van der Waals surface area (Å²) in [6, 6.07) is 9.23. The zero-order valence-corrected chi connectivity index (χ0v) is 14.0. The van der Waals surface area contributed by atoms with Gasteiger partial charge in [0.1, 0.15) is 12.1 Å². The van der Waals surface area contributed by atoms with Crippen molar-refractivity contribution >= 4 is 17.4 Å². The van der Waals surface area contributed by atoms with Crippen LogP contribution in [0.4, 0.5) is 5.82 Å². The summed E-state index contributed by atoms with van der Waals surface area (Å²) in [7, 11) is 0. The minimum absolute atomic E-state index is 0.210. The van der Waals surface area contributed by atoms with Gasteiger partial charge in [0.05, 0.1) is 17.7 Å². The third kappa shape index (κ3) is 3.47. The quantitative estimate of drug-likeness (QED) is 0.724. The van der Waals surface area contributed by atoms with Gasteiger partial charge in [0.15, 0.2) is 0 Å². The number of anilines is 1. The van der Waals surface area contributed by atoms with Crippen molar-refractivity contribution in [3.05, 3.63) is 53.3 Å². The molecule has 0 aliphatic heterocycles. The number of halogens is 1. The van der Waals surface area contributed by atoms with Crippen LogP contribution in [0.1, 0.15) is 30.3 Å². The molecule has 1 aliphatic carbocycles. The molecule has 0 bridgehead atoms. The van der Waals surface area contributed by atoms with Crippen molar-refractivity contribution in [3.63, 3.8) is 0 Å². The van der Waals surface area contributed by atoms with Crippen molar-refractivity contribution in [3.8, 4) is 11.4 Å². The summed E-state index contributed by atoms with van der Waals surface area (Å²) in [5.41, 5.74) is 1.66. The molecule has 2 heterocycles. The van der Waals surface area contributed by atoms with Crippen LogP contribution >= 0.6 is 11.6 Å². The van der Waals surface area contributed by atoms with Gasteiger partial charge in [-0.3, -0.25) is 0 Å². The van der Waals surface area contributed by atoms with Gasteiger partial charge in [0.2, 0.25) is 11.7 Å². The van der Waals surface area contributed by atoms with Gasteiger partial charge in [-0.1, -0.05) is 28.9 Å². The summed E-state index contributed by atoms with van der Waals surface area (Å²) >= 11 is 6.15. The molecule has 0 unspecified atom stereocenters. The summed E-state index contributed by atoms with van der Waals surface area (Å²) < 4.78 is 5.26. The molecular formula is C17H16ClN5O2. The van der Waals surface area contributed by atoms with Crippen molar-refractivity contribution in [2.45, 2.75) is 31.4 Å². The Labute approximate surface area is 149 Å². The van der Waals surface area contributed by atoms with E-state index < -0.39 is 0 Å². The normalized spacial score (nSPS) is 19.4. The van der Waals surface area contributed by atoms with Crippen LogP contribution in [0.15, 0.2) is 41.2 Å². The zero-order chi connectivity index (χ0) is 17.2. The molecule has 2 aromatic heterocycles. The maximum atomic E-state index is 9.42. The van der Waals surface area contributed by atoms with Gasteiger partial charge in [-0.25, -0.2) is 9.97 Å². The van der Waals surface area contributed by atoms with Gasteiger partial charge >= 0.3 is 0 Å². The Morgan fingerprint density at radius 1 is 1.24 bits per heavy atom. The Hall–Kier alpha value is -2.51. The average Bonchev–Trinajstić information content (AvgIpc) is 3.07. The van der Waals surface area contributed by atoms with E-state index in [1.807, 2.05) is 24.3 Å². The molecule has 1 aromatic carbocycles. The molecule has 0 radical (unpaired) electrons. The summed E-state index contributed by atoms with van der Waals surface area (Å²) in [5, 5.41) is 17.1. The topological polar surface area (TPSA) is 97.0 Å². The summed E-state index contributed by atoms with van der Waals surface area (Å²) in [4.78, 5) is 12.8. The van der Waals surface area contributed by atoms with Crippen LogP contribution in [0, 0.1) is 0 Å². The van der Waals surface area contributed by atoms with E-state index in [-0.39, 0.29) is 6.10 Å². The van der Waals surface area contributed by atoms with Crippen molar-refractivity contribution in [1.82, 2.24) is 20.1 Å². The first-order chi connectivity index (χ1) is 12.2. The molecule has 1 fully saturated rings. The van der Waals surface area contributed by atoms with Crippen LogP contribution < -0.4 is 5.32 Å². The van der Waals surface area contributed by atoms with E-state index in [9.17, 15) is 5.11 Å². The smallest absolute Gasteiger partial charge is 0.246 e. The highest BCUT2D eigenvalue weighted by molar-refractivity contribution is 6.33. The first-order valence-electron chi connectivity index (χ1n) is 8.00. The highest BCUT2D eigenvalue weighted by atomic mass is 35.5. The van der Waals surface area contributed by atoms with Gasteiger partial charge in [0.25, 0.3) is 0 Å². The van der Waals surface area contributed by atoms with Gasteiger partial charge < -0.3 is 14.9 Å². The van der Waals surface area contributed by atoms with E-state index in [4.69, 9.17) is 16.1 Å². The maximum absolute atomic E-state index is 9.42. The largest absolute Gasteiger partial charge is 0.393 e. The monoisotopic (exact) mass is 357 g/mol. The molecular weight excluding hydrogens is 342 g/mol. The second-order valence-electron chi connectivity index (χ2n) is 6.00. The van der Waals surface area contributed by atoms with E-state index in [1.54, 1.807) is 6.07 Å². The fourth-order valence-electron chi connectivity index (χ4n) is 2.77. The highest BCUT2D eigenvalue weighted by Crippen LogP contribution is 2.36. The lowest BCUT2D eigenvalue weighted by Gasteiger charge is -2.30. The third-order valence-corrected chi connectivity index (χ3v) is 4.55. The van der Waals surface area contributed by atoms with E-state index in [0.717, 1.165) is 24.1 Å². The molecule has 7 nitrogen and oxygen atoms in total. The van der Waals surface area contributed by atoms with Gasteiger partial charge in [-0.15, -0.1) is 0 Å². The van der Waals surface area contributed by atoms with Crippen molar-refractivity contribution < 1.29 is 9.63 Å². The van der Waals surface area contributed by atoms with Crippen LogP contribution in [-0.4, -0.2) is 31.3 Å². The Morgan fingerprint density at radius 3 is 2.88 bits per heavy atom. The van der Waals surface area contributed by atoms with E-state index >= 15 is 0 Å². The molecule has 0 amide bonds. The molecule has 2 N–H and O–H groups in total. The predicted octanol–water partition coefficient (Wildman–Crippen LogP) is 3.03. The Balaban J connectivity index is 1.42. The summed E-state index contributed by atoms with van der Waals surface area (Å²) in [6.07, 6.45) is 2.81. The van der Waals surface area contributed by atoms with E-state index in [0.29, 0.717) is 35.0 Å². The molecule has 25 heavy (non-hydrogen) atoms. The van der Waals surface area contributed by atoms with Gasteiger partial charge in [0, 0.05) is 23.2 Å². The SMILES string of the molecule is OC1CC(c2cc(NCc3nc(-c4ccccc4Cl)no3)ncn2)C1. The first kappa shape index (κ1) is 16.0. The number of aliphatic hydroxyl groups excluding tert-OH is 1. The second kappa shape index (κ2) is 6.78. The van der Waals surface area contributed by atoms with Crippen molar-refractivity contribution in [1.29, 1.82) is 0 Å². The van der Waals surface area contributed by atoms with Gasteiger partial charge in [-0.05, 0) is 25.0 Å². The molecule has 0 saturated heterocycles. The molecule has 4 rings (SSSR count). The Bertz CT molecular complexity index is 879. The standard InChI is InChI=1S/C17H16ClN5O2/c18-13-4-2-1-3-12(13)17-22-16(25-23-17)8-19-15-7-14(20-9-21-15)10-5-11(24)6-10/h1-4,7,9-11,24H,5-6,8H2,(H,19,20,21). The highest BCUT2D eigenvalue weighted by Gasteiger charge is 2.29. The zero-order valence-electron chi connectivity index (χ0n) is 13.3. The lowest BCUT2D eigenvalue weighted by Crippen LogP contribution is -2.27.